The monoisotopic (exact) mass is 478 g/mol. The zero-order valence-corrected chi connectivity index (χ0v) is 20.4. The molecular weight excluding hydrogens is 447 g/mol. The third-order valence-corrected chi connectivity index (χ3v) is 5.90. The van der Waals surface area contributed by atoms with Gasteiger partial charge >= 0.3 is 0 Å². The molecule has 1 amide bonds. The maximum Gasteiger partial charge on any atom is 0.298 e. The zero-order valence-electron chi connectivity index (χ0n) is 19.6. The van der Waals surface area contributed by atoms with E-state index < -0.39 is 21.9 Å². The fraction of sp³-hybridized carbons (Fsp3) is 0.478. The average Bonchev–Trinajstić information content (AvgIpc) is 2.96. The van der Waals surface area contributed by atoms with Crippen LogP contribution in [0.1, 0.15) is 51.4 Å². The minimum absolute atomic E-state index is 0.0719. The van der Waals surface area contributed by atoms with Crippen molar-refractivity contribution < 1.29 is 22.3 Å². The molecule has 2 aromatic rings. The van der Waals surface area contributed by atoms with Gasteiger partial charge in [-0.15, -0.1) is 0 Å². The molecule has 0 aliphatic carbocycles. The molecule has 1 atom stereocenters. The zero-order chi connectivity index (χ0) is 24.6. The molecule has 8 nitrogen and oxygen atoms in total. The number of nitrogens with two attached hydrogens (primary N) is 1. The summed E-state index contributed by atoms with van der Waals surface area (Å²) in [7, 11) is -4.25. The number of benzene rings is 1. The summed E-state index contributed by atoms with van der Waals surface area (Å²) in [4.78, 5) is 19.4. The molecule has 3 rings (SSSR count). The second-order valence-electron chi connectivity index (χ2n) is 9.66. The number of hydrogen-bond acceptors (Lipinski definition) is 6. The summed E-state index contributed by atoms with van der Waals surface area (Å²) >= 11 is 0. The van der Waals surface area contributed by atoms with E-state index >= 15 is 0 Å². The minimum atomic E-state index is -4.25. The molecule has 3 N–H and O–H groups in total. The number of ether oxygens (including phenoxy) is 1. The van der Waals surface area contributed by atoms with Gasteiger partial charge in [-0.1, -0.05) is 20.8 Å². The Morgan fingerprint density at radius 2 is 2.03 bits per heavy atom. The molecule has 1 aliphatic heterocycles. The minimum Gasteiger partial charge on any atom is -0.493 e. The van der Waals surface area contributed by atoms with Crippen molar-refractivity contribution in [1.82, 2.24) is 9.71 Å². The topological polar surface area (TPSA) is 115 Å². The van der Waals surface area contributed by atoms with Crippen LogP contribution in [-0.4, -0.2) is 38.0 Å². The number of carbonyl (C=O) groups excluding carboxylic acids is 1. The molecule has 10 heteroatoms. The number of nitrogens with zero attached hydrogens (tertiary/aromatic N) is 2. The summed E-state index contributed by atoms with van der Waals surface area (Å²) in [5.41, 5.74) is 0.664. The molecule has 0 unspecified atom stereocenters. The Bertz CT molecular complexity index is 1150. The molecule has 0 spiro atoms. The van der Waals surface area contributed by atoms with E-state index in [4.69, 9.17) is 14.9 Å². The van der Waals surface area contributed by atoms with Gasteiger partial charge in [-0.25, -0.2) is 19.2 Å². The number of anilines is 1. The van der Waals surface area contributed by atoms with Crippen LogP contribution in [0.4, 0.5) is 10.2 Å². The largest absolute Gasteiger partial charge is 0.493 e. The predicted molar refractivity (Wildman–Crippen MR) is 126 cm³/mol. The van der Waals surface area contributed by atoms with Crippen LogP contribution in [-0.2, 0) is 10.2 Å². The van der Waals surface area contributed by atoms with Gasteiger partial charge < -0.3 is 9.64 Å². The smallest absolute Gasteiger partial charge is 0.298 e. The normalized spacial score (nSPS) is 17.9. The van der Waals surface area contributed by atoms with Gasteiger partial charge in [-0.2, -0.15) is 8.42 Å². The van der Waals surface area contributed by atoms with Gasteiger partial charge in [-0.05, 0) is 56.4 Å². The summed E-state index contributed by atoms with van der Waals surface area (Å²) in [5.74, 6) is -0.0322. The number of amides is 1. The Hall–Kier alpha value is -2.72. The Balaban J connectivity index is 2.10. The van der Waals surface area contributed by atoms with E-state index in [1.807, 2.05) is 37.3 Å². The van der Waals surface area contributed by atoms with Gasteiger partial charge in [0.15, 0.2) is 0 Å². The van der Waals surface area contributed by atoms with Crippen LogP contribution in [0, 0.1) is 17.7 Å². The number of rotatable bonds is 7. The second-order valence-corrected chi connectivity index (χ2v) is 11.0. The molecule has 33 heavy (non-hydrogen) atoms. The first-order valence-electron chi connectivity index (χ1n) is 10.8. The maximum absolute atomic E-state index is 14.3. The number of nitrogens with one attached hydrogen (secondary N) is 1. The van der Waals surface area contributed by atoms with Crippen molar-refractivity contribution in [2.45, 2.75) is 46.6 Å². The maximum atomic E-state index is 14.3. The van der Waals surface area contributed by atoms with Gasteiger partial charge in [0, 0.05) is 23.7 Å². The first kappa shape index (κ1) is 24.9. The number of pyridine rings is 1. The third kappa shape index (κ3) is 6.20. The van der Waals surface area contributed by atoms with Crippen molar-refractivity contribution in [1.29, 1.82) is 0 Å². The van der Waals surface area contributed by atoms with Crippen molar-refractivity contribution in [3.05, 3.63) is 41.7 Å². The van der Waals surface area contributed by atoms with Crippen LogP contribution in [0.2, 0.25) is 0 Å². The molecule has 1 fully saturated rings. The predicted octanol–water partition coefficient (Wildman–Crippen LogP) is 3.48. The molecule has 180 valence electrons. The summed E-state index contributed by atoms with van der Waals surface area (Å²) in [6.45, 7) is 11.2. The van der Waals surface area contributed by atoms with E-state index in [9.17, 15) is 17.6 Å². The Morgan fingerprint density at radius 3 is 2.61 bits per heavy atom. The SMILES string of the molecule is CC(C)COc1cc(F)cc(-c2ccc(C(=O)NS(N)(=O)=O)c(N3C[C@@H](C)CC3(C)C)n2)c1. The fourth-order valence-corrected chi connectivity index (χ4v) is 4.56. The first-order chi connectivity index (χ1) is 15.2. The Morgan fingerprint density at radius 1 is 1.33 bits per heavy atom. The highest BCUT2D eigenvalue weighted by Gasteiger charge is 2.39. The molecule has 0 saturated carbocycles. The molecule has 0 bridgehead atoms. The number of hydrogen-bond donors (Lipinski definition) is 2. The number of carbonyl (C=O) groups is 1. The lowest BCUT2D eigenvalue weighted by atomic mass is 9.97. The van der Waals surface area contributed by atoms with Crippen molar-refractivity contribution in [2.24, 2.45) is 17.0 Å². The lowest BCUT2D eigenvalue weighted by molar-refractivity contribution is 0.0981. The number of halogens is 1. The standard InChI is InChI=1S/C23H31FN4O4S/c1-14(2)13-32-18-9-16(8-17(24)10-18)20-7-6-19(22(29)27-33(25,30)31)21(26-20)28-12-15(3)11-23(28,4)5/h6-10,14-15H,11-13H2,1-5H3,(H,27,29)(H2,25,30,31)/t15-/m0/s1. The van der Waals surface area contributed by atoms with Gasteiger partial charge in [-0.3, -0.25) is 4.79 Å². The summed E-state index contributed by atoms with van der Waals surface area (Å²) in [6.07, 6.45) is 0.863. The molecule has 2 heterocycles. The van der Waals surface area contributed by atoms with Crippen molar-refractivity contribution in [3.63, 3.8) is 0 Å². The summed E-state index contributed by atoms with van der Waals surface area (Å²) in [5, 5.41) is 5.01. The quantitative estimate of drug-likeness (QED) is 0.630. The van der Waals surface area contributed by atoms with Gasteiger partial charge in [0.25, 0.3) is 16.1 Å². The molecule has 1 aliphatic rings. The Labute approximate surface area is 194 Å². The van der Waals surface area contributed by atoms with Gasteiger partial charge in [0.05, 0.1) is 17.9 Å². The van der Waals surface area contributed by atoms with Gasteiger partial charge in [0.2, 0.25) is 0 Å². The van der Waals surface area contributed by atoms with Crippen LogP contribution in [0.5, 0.6) is 5.75 Å². The first-order valence-corrected chi connectivity index (χ1v) is 12.4. The lowest BCUT2D eigenvalue weighted by Crippen LogP contribution is -2.41. The fourth-order valence-electron chi connectivity index (χ4n) is 4.19. The molecule has 1 aromatic carbocycles. The van der Waals surface area contributed by atoms with Crippen molar-refractivity contribution in [3.8, 4) is 17.0 Å². The highest BCUT2D eigenvalue weighted by molar-refractivity contribution is 7.87. The highest BCUT2D eigenvalue weighted by Crippen LogP contribution is 2.38. The van der Waals surface area contributed by atoms with Crippen molar-refractivity contribution in [2.75, 3.05) is 18.1 Å². The van der Waals surface area contributed by atoms with Crippen LogP contribution < -0.4 is 19.5 Å². The van der Waals surface area contributed by atoms with E-state index in [2.05, 4.69) is 6.92 Å². The summed E-state index contributed by atoms with van der Waals surface area (Å²) < 4.78 is 44.7. The van der Waals surface area contributed by atoms with E-state index in [0.717, 1.165) is 6.42 Å². The molecule has 1 saturated heterocycles. The summed E-state index contributed by atoms with van der Waals surface area (Å²) in [6, 6.07) is 7.38. The second kappa shape index (κ2) is 9.26. The van der Waals surface area contributed by atoms with E-state index in [1.54, 1.807) is 12.1 Å². The highest BCUT2D eigenvalue weighted by atomic mass is 32.2. The number of aromatic nitrogens is 1. The van der Waals surface area contributed by atoms with E-state index in [-0.39, 0.29) is 17.0 Å². The Kier molecular flexibility index (Phi) is 6.99. The average molecular weight is 479 g/mol. The lowest BCUT2D eigenvalue weighted by Gasteiger charge is -2.34. The molecular formula is C23H31FN4O4S. The van der Waals surface area contributed by atoms with E-state index in [0.29, 0.717) is 41.9 Å². The third-order valence-electron chi connectivity index (χ3n) is 5.43. The molecule has 0 radical (unpaired) electrons. The molecule has 1 aromatic heterocycles. The van der Waals surface area contributed by atoms with Crippen LogP contribution in [0.3, 0.4) is 0 Å². The van der Waals surface area contributed by atoms with Crippen LogP contribution >= 0.6 is 0 Å². The van der Waals surface area contributed by atoms with Gasteiger partial charge in [0.1, 0.15) is 17.4 Å². The van der Waals surface area contributed by atoms with Crippen LogP contribution in [0.25, 0.3) is 11.3 Å². The van der Waals surface area contributed by atoms with E-state index in [1.165, 1.54) is 18.2 Å². The van der Waals surface area contributed by atoms with Crippen LogP contribution in [0.15, 0.2) is 30.3 Å². The van der Waals surface area contributed by atoms with Crippen molar-refractivity contribution >= 4 is 21.9 Å².